The van der Waals surface area contributed by atoms with Crippen LogP contribution in [0.3, 0.4) is 0 Å². The van der Waals surface area contributed by atoms with Crippen molar-refractivity contribution in [3.05, 3.63) is 298 Å². The zero-order chi connectivity index (χ0) is 45.1. The summed E-state index contributed by atoms with van der Waals surface area (Å²) in [4.78, 5) is 5.35. The summed E-state index contributed by atoms with van der Waals surface area (Å²) in [6.45, 7) is 6.72. The third-order valence-corrected chi connectivity index (χ3v) is 15.6. The number of nitrogens with zero attached hydrogens (tertiary/aromatic N) is 3. The maximum atomic E-state index is 5.35. The van der Waals surface area contributed by atoms with Gasteiger partial charge < -0.3 is 9.13 Å². The zero-order valence-electron chi connectivity index (χ0n) is 38.2. The molecule has 10 aromatic rings. The topological polar surface area (TPSA) is 21.7 Å². The van der Waals surface area contributed by atoms with Crippen LogP contribution in [0.25, 0.3) is 33.4 Å². The van der Waals surface area contributed by atoms with Crippen LogP contribution >= 0.6 is 0 Å². The number of hydrogen-bond donors (Lipinski definition) is 0. The Bertz CT molecular complexity index is 3470. The minimum absolute atomic E-state index is 0.344. The second kappa shape index (κ2) is 14.6. The highest BCUT2D eigenvalue weighted by atomic mass is 15.2. The molecule has 67 heavy (non-hydrogen) atoms. The Labute approximate surface area is 393 Å². The van der Waals surface area contributed by atoms with E-state index in [1.165, 1.54) is 94.6 Å². The van der Waals surface area contributed by atoms with Crippen LogP contribution in [0.1, 0.15) is 92.4 Å². The van der Waals surface area contributed by atoms with Crippen LogP contribution in [0.4, 0.5) is 0 Å². The van der Waals surface area contributed by atoms with E-state index in [2.05, 4.69) is 256 Å². The van der Waals surface area contributed by atoms with Crippen LogP contribution in [0.5, 0.6) is 0 Å². The minimum Gasteiger partial charge on any atom is -0.351 e. The molecule has 0 atom stereocenters. The SMILES string of the molecule is Cc1cn(C2(c3cccc(C4(c5cccc(C6(c7cc(C(C)C)ccn7)c7ccccc7-c7ccccc76)c5)c5ccccc5-c5ccccc54)c3)c3ccccc3-c3ccccc32)[c-][n+]1C. The molecule has 2 aromatic heterocycles. The van der Waals surface area contributed by atoms with Crippen molar-refractivity contribution in [2.24, 2.45) is 7.05 Å². The van der Waals surface area contributed by atoms with Gasteiger partial charge in [-0.1, -0.05) is 209 Å². The Morgan fingerprint density at radius 3 is 1.28 bits per heavy atom. The third kappa shape index (κ3) is 5.17. The molecule has 0 bridgehead atoms. The first-order valence-corrected chi connectivity index (χ1v) is 23.6. The van der Waals surface area contributed by atoms with Crippen molar-refractivity contribution < 1.29 is 4.57 Å². The molecule has 0 saturated heterocycles. The summed E-state index contributed by atoms with van der Waals surface area (Å²) in [6.07, 6.45) is 8.07. The van der Waals surface area contributed by atoms with Crippen molar-refractivity contribution in [1.29, 1.82) is 0 Å². The number of fused-ring (bicyclic) bond motifs is 9. The molecular formula is C64H49N3. The molecule has 13 rings (SSSR count). The number of pyridine rings is 1. The van der Waals surface area contributed by atoms with E-state index in [1.807, 2.05) is 6.20 Å². The van der Waals surface area contributed by atoms with E-state index < -0.39 is 16.4 Å². The van der Waals surface area contributed by atoms with Gasteiger partial charge in [0.15, 0.2) is 5.54 Å². The summed E-state index contributed by atoms with van der Waals surface area (Å²) >= 11 is 0. The maximum absolute atomic E-state index is 5.35. The highest BCUT2D eigenvalue weighted by Crippen LogP contribution is 2.61. The highest BCUT2D eigenvalue weighted by Gasteiger charge is 2.52. The van der Waals surface area contributed by atoms with Crippen molar-refractivity contribution in [3.63, 3.8) is 0 Å². The van der Waals surface area contributed by atoms with Gasteiger partial charge in [-0.05, 0) is 114 Å². The molecule has 0 aliphatic heterocycles. The van der Waals surface area contributed by atoms with Gasteiger partial charge in [0.2, 0.25) is 6.33 Å². The fraction of sp³-hybridized carbons (Fsp3) is 0.125. The van der Waals surface area contributed by atoms with E-state index in [9.17, 15) is 0 Å². The molecule has 0 amide bonds. The summed E-state index contributed by atoms with van der Waals surface area (Å²) in [7, 11) is 2.10. The first-order chi connectivity index (χ1) is 32.9. The summed E-state index contributed by atoms with van der Waals surface area (Å²) in [5, 5.41) is 0. The molecule has 3 aliphatic carbocycles. The summed E-state index contributed by atoms with van der Waals surface area (Å²) in [6, 6.07) is 77.8. The van der Waals surface area contributed by atoms with Gasteiger partial charge in [-0.2, -0.15) is 0 Å². The Hall–Kier alpha value is -7.88. The van der Waals surface area contributed by atoms with E-state index >= 15 is 0 Å². The molecule has 2 heterocycles. The molecular weight excluding hydrogens is 811 g/mol. The molecule has 0 spiro atoms. The van der Waals surface area contributed by atoms with Crippen molar-refractivity contribution in [1.82, 2.24) is 9.55 Å². The quantitative estimate of drug-likeness (QED) is 0.116. The molecule has 0 unspecified atom stereocenters. The van der Waals surface area contributed by atoms with Gasteiger partial charge in [0.25, 0.3) is 0 Å². The van der Waals surface area contributed by atoms with Crippen LogP contribution in [0.2, 0.25) is 0 Å². The maximum Gasteiger partial charge on any atom is 0.205 e. The van der Waals surface area contributed by atoms with Gasteiger partial charge in [0.1, 0.15) is 0 Å². The van der Waals surface area contributed by atoms with Crippen molar-refractivity contribution >= 4 is 0 Å². The lowest BCUT2D eigenvalue weighted by atomic mass is 9.64. The van der Waals surface area contributed by atoms with E-state index in [0.717, 1.165) is 11.4 Å². The van der Waals surface area contributed by atoms with Gasteiger partial charge >= 0.3 is 0 Å². The Balaban J connectivity index is 1.14. The molecule has 0 fully saturated rings. The van der Waals surface area contributed by atoms with E-state index in [4.69, 9.17) is 4.98 Å². The minimum atomic E-state index is -0.690. The molecule has 0 radical (unpaired) electrons. The standard InChI is InChI=1S/C64H49N3/c1-42(2)44-35-36-65-61(37-44)63(57-31-13-7-25-51(57)52-26-8-14-32-58(52)63)47-21-17-19-45(38-47)62(55-29-11-5-23-49(55)50-24-6-12-30-56(50)62)46-20-18-22-48(39-46)64(67-40-43(3)66(4)41-67)59-33-15-9-27-53(59)54-28-10-16-34-60(54)64/h5-40,42H,1-4H3. The number of imidazole rings is 1. The highest BCUT2D eigenvalue weighted by molar-refractivity contribution is 5.89. The van der Waals surface area contributed by atoms with Gasteiger partial charge in [-0.15, -0.1) is 0 Å². The van der Waals surface area contributed by atoms with Gasteiger partial charge in [-0.25, -0.2) is 0 Å². The fourth-order valence-corrected chi connectivity index (χ4v) is 12.6. The number of rotatable bonds is 7. The molecule has 8 aromatic carbocycles. The lowest BCUT2D eigenvalue weighted by Gasteiger charge is -2.38. The molecule has 3 heteroatoms. The van der Waals surface area contributed by atoms with Crippen LogP contribution in [0.15, 0.2) is 219 Å². The van der Waals surface area contributed by atoms with E-state index in [1.54, 1.807) is 0 Å². The molecule has 3 aliphatic rings. The second-order valence-corrected chi connectivity index (χ2v) is 19.1. The Morgan fingerprint density at radius 2 is 0.836 bits per heavy atom. The Morgan fingerprint density at radius 1 is 0.448 bits per heavy atom. The lowest BCUT2D eigenvalue weighted by molar-refractivity contribution is -0.681. The van der Waals surface area contributed by atoms with Crippen LogP contribution in [-0.4, -0.2) is 9.55 Å². The largest absolute Gasteiger partial charge is 0.351 e. The summed E-state index contributed by atoms with van der Waals surface area (Å²) < 4.78 is 4.46. The van der Waals surface area contributed by atoms with Crippen LogP contribution < -0.4 is 4.57 Å². The third-order valence-electron chi connectivity index (χ3n) is 15.6. The summed E-state index contributed by atoms with van der Waals surface area (Å²) in [5.41, 5.74) is 21.4. The predicted molar refractivity (Wildman–Crippen MR) is 269 cm³/mol. The zero-order valence-corrected chi connectivity index (χ0v) is 38.2. The summed E-state index contributed by atoms with van der Waals surface area (Å²) in [5.74, 6) is 0.344. The fourth-order valence-electron chi connectivity index (χ4n) is 12.6. The van der Waals surface area contributed by atoms with Crippen LogP contribution in [-0.2, 0) is 23.4 Å². The predicted octanol–water partition coefficient (Wildman–Crippen LogP) is 13.5. The average molecular weight is 860 g/mol. The molecule has 3 nitrogen and oxygen atoms in total. The smallest absolute Gasteiger partial charge is 0.205 e. The lowest BCUT2D eigenvalue weighted by Crippen LogP contribution is -2.38. The van der Waals surface area contributed by atoms with Gasteiger partial charge in [0.05, 0.1) is 23.6 Å². The number of hydrogen-bond acceptors (Lipinski definition) is 1. The van der Waals surface area contributed by atoms with Crippen LogP contribution in [0, 0.1) is 13.3 Å². The van der Waals surface area contributed by atoms with E-state index in [0.29, 0.717) is 5.92 Å². The molecule has 0 N–H and O–H groups in total. The first-order valence-electron chi connectivity index (χ1n) is 23.6. The second-order valence-electron chi connectivity index (χ2n) is 19.1. The monoisotopic (exact) mass is 859 g/mol. The first kappa shape index (κ1) is 39.5. The van der Waals surface area contributed by atoms with Crippen molar-refractivity contribution in [2.45, 2.75) is 43.1 Å². The number of aromatic nitrogens is 3. The van der Waals surface area contributed by atoms with E-state index in [-0.39, 0.29) is 0 Å². The molecule has 0 saturated carbocycles. The Kier molecular flexibility index (Phi) is 8.58. The normalized spacial score (nSPS) is 15.1. The van der Waals surface area contributed by atoms with Crippen molar-refractivity contribution in [2.75, 3.05) is 0 Å². The number of aryl methyl sites for hydroxylation is 2. The average Bonchev–Trinajstić information content (AvgIpc) is 4.08. The molecule has 320 valence electrons. The number of benzene rings is 8. The van der Waals surface area contributed by atoms with Crippen molar-refractivity contribution in [3.8, 4) is 33.4 Å². The van der Waals surface area contributed by atoms with Gasteiger partial charge in [-0.3, -0.25) is 4.98 Å². The van der Waals surface area contributed by atoms with Gasteiger partial charge in [0, 0.05) is 22.9 Å².